The van der Waals surface area contributed by atoms with Crippen LogP contribution in [0.25, 0.3) is 0 Å². The van der Waals surface area contributed by atoms with E-state index in [1.807, 2.05) is 12.1 Å². The van der Waals surface area contributed by atoms with Crippen molar-refractivity contribution in [1.82, 2.24) is 10.2 Å². The largest absolute Gasteiger partial charge is 0.357 e. The third kappa shape index (κ3) is 5.37. The van der Waals surface area contributed by atoms with Gasteiger partial charge in [-0.2, -0.15) is 0 Å². The van der Waals surface area contributed by atoms with Crippen LogP contribution in [-0.4, -0.2) is 29.8 Å². The van der Waals surface area contributed by atoms with E-state index in [1.165, 1.54) is 4.90 Å². The Hall–Kier alpha value is -1.75. The molecule has 1 N–H and O–H groups in total. The fourth-order valence-corrected chi connectivity index (χ4v) is 2.95. The summed E-state index contributed by atoms with van der Waals surface area (Å²) in [5, 5.41) is 4.02. The maximum atomic E-state index is 12.9. The number of rotatable bonds is 6. The van der Waals surface area contributed by atoms with Gasteiger partial charge in [0.2, 0.25) is 11.8 Å². The quantitative estimate of drug-likeness (QED) is 0.765. The number of hydrogen-bond donors (Lipinski definition) is 1. The molecule has 2 aromatic carbocycles. The number of halogens is 3. The van der Waals surface area contributed by atoms with Gasteiger partial charge < -0.3 is 10.2 Å². The molecule has 0 fully saturated rings. The molecule has 0 spiro atoms. The number of benzene rings is 2. The van der Waals surface area contributed by atoms with Gasteiger partial charge in [0.25, 0.3) is 0 Å². The summed E-state index contributed by atoms with van der Waals surface area (Å²) in [5.41, 5.74) is 1.61. The van der Waals surface area contributed by atoms with Crippen molar-refractivity contribution >= 4 is 46.6 Å². The molecule has 0 saturated heterocycles. The molecule has 0 bridgehead atoms. The highest BCUT2D eigenvalue weighted by atomic mass is 35.5. The maximum absolute atomic E-state index is 12.9. The van der Waals surface area contributed by atoms with Crippen molar-refractivity contribution in [2.45, 2.75) is 25.9 Å². The molecule has 1 atom stereocenters. The minimum absolute atomic E-state index is 0.117. The third-order valence-corrected chi connectivity index (χ3v) is 5.01. The molecule has 0 aliphatic rings. The van der Waals surface area contributed by atoms with E-state index in [0.717, 1.165) is 11.1 Å². The Morgan fingerprint density at radius 2 is 1.62 bits per heavy atom. The summed E-state index contributed by atoms with van der Waals surface area (Å²) in [6, 6.07) is 11.6. The fraction of sp³-hybridized carbons (Fsp3) is 0.263. The lowest BCUT2D eigenvalue weighted by Crippen LogP contribution is -2.47. The summed E-state index contributed by atoms with van der Waals surface area (Å²) in [6.07, 6.45) is 0.117. The van der Waals surface area contributed by atoms with Crippen LogP contribution in [0.4, 0.5) is 0 Å². The van der Waals surface area contributed by atoms with Gasteiger partial charge >= 0.3 is 0 Å². The van der Waals surface area contributed by atoms with E-state index in [9.17, 15) is 9.59 Å². The highest BCUT2D eigenvalue weighted by Gasteiger charge is 2.25. The molecule has 2 rings (SSSR count). The minimum Gasteiger partial charge on any atom is -0.357 e. The van der Waals surface area contributed by atoms with Crippen LogP contribution in [0.3, 0.4) is 0 Å². The lowest BCUT2D eigenvalue weighted by molar-refractivity contribution is -0.139. The van der Waals surface area contributed by atoms with E-state index in [4.69, 9.17) is 34.8 Å². The van der Waals surface area contributed by atoms with Gasteiger partial charge in [0.15, 0.2) is 0 Å². The van der Waals surface area contributed by atoms with Crippen molar-refractivity contribution in [3.63, 3.8) is 0 Å². The molecule has 138 valence electrons. The van der Waals surface area contributed by atoms with Gasteiger partial charge in [0.05, 0.1) is 16.5 Å². The molecule has 0 heterocycles. The first-order chi connectivity index (χ1) is 12.3. The number of nitrogens with zero attached hydrogens (tertiary/aromatic N) is 1. The lowest BCUT2D eigenvalue weighted by atomic mass is 10.1. The number of hydrogen-bond acceptors (Lipinski definition) is 2. The zero-order valence-corrected chi connectivity index (χ0v) is 16.7. The van der Waals surface area contributed by atoms with Crippen LogP contribution in [-0.2, 0) is 22.6 Å². The Morgan fingerprint density at radius 1 is 1.00 bits per heavy atom. The standard InChI is InChI=1S/C19H19Cl3N2O2/c1-12(19(26)23-2)24(11-13-3-6-15(20)7-4-13)18(25)10-14-5-8-16(21)17(22)9-14/h3-9,12H,10-11H2,1-2H3,(H,23,26)/t12-/m0/s1. The molecule has 2 aromatic rings. The van der Waals surface area contributed by atoms with Crippen molar-refractivity contribution in [1.29, 1.82) is 0 Å². The average Bonchev–Trinajstić information content (AvgIpc) is 2.63. The Kier molecular flexibility index (Phi) is 7.33. The summed E-state index contributed by atoms with van der Waals surface area (Å²) in [7, 11) is 1.54. The van der Waals surface area contributed by atoms with Crippen LogP contribution < -0.4 is 5.32 Å². The fourth-order valence-electron chi connectivity index (χ4n) is 2.50. The van der Waals surface area contributed by atoms with Gasteiger partial charge in [-0.3, -0.25) is 9.59 Å². The van der Waals surface area contributed by atoms with Gasteiger partial charge in [0.1, 0.15) is 6.04 Å². The molecule has 2 amide bonds. The third-order valence-electron chi connectivity index (χ3n) is 4.02. The van der Waals surface area contributed by atoms with Crippen LogP contribution >= 0.6 is 34.8 Å². The number of carbonyl (C=O) groups excluding carboxylic acids is 2. The number of amides is 2. The van der Waals surface area contributed by atoms with Crippen LogP contribution in [0.15, 0.2) is 42.5 Å². The van der Waals surface area contributed by atoms with E-state index in [2.05, 4.69) is 5.32 Å². The van der Waals surface area contributed by atoms with Crippen molar-refractivity contribution in [2.75, 3.05) is 7.05 Å². The zero-order valence-electron chi connectivity index (χ0n) is 14.4. The lowest BCUT2D eigenvalue weighted by Gasteiger charge is -2.28. The summed E-state index contributed by atoms with van der Waals surface area (Å²) in [5.74, 6) is -0.420. The highest BCUT2D eigenvalue weighted by molar-refractivity contribution is 6.42. The van der Waals surface area contributed by atoms with Crippen molar-refractivity contribution in [3.8, 4) is 0 Å². The van der Waals surface area contributed by atoms with Crippen molar-refractivity contribution < 1.29 is 9.59 Å². The van der Waals surface area contributed by atoms with E-state index in [0.29, 0.717) is 21.6 Å². The van der Waals surface area contributed by atoms with Crippen molar-refractivity contribution in [2.24, 2.45) is 0 Å². The van der Waals surface area contributed by atoms with E-state index >= 15 is 0 Å². The summed E-state index contributed by atoms with van der Waals surface area (Å²) in [6.45, 7) is 1.99. The molecule has 26 heavy (non-hydrogen) atoms. The monoisotopic (exact) mass is 412 g/mol. The predicted molar refractivity (Wildman–Crippen MR) is 106 cm³/mol. The molecule has 4 nitrogen and oxygen atoms in total. The second-order valence-corrected chi connectivity index (χ2v) is 7.11. The molecular weight excluding hydrogens is 395 g/mol. The number of carbonyl (C=O) groups is 2. The topological polar surface area (TPSA) is 49.4 Å². The molecule has 0 aliphatic heterocycles. The smallest absolute Gasteiger partial charge is 0.242 e. The van der Waals surface area contributed by atoms with Crippen LogP contribution in [0.1, 0.15) is 18.1 Å². The molecular formula is C19H19Cl3N2O2. The van der Waals surface area contributed by atoms with Gasteiger partial charge in [-0.1, -0.05) is 53.0 Å². The second kappa shape index (κ2) is 9.26. The zero-order chi connectivity index (χ0) is 19.3. The summed E-state index contributed by atoms with van der Waals surface area (Å²) < 4.78 is 0. The van der Waals surface area contributed by atoms with E-state index < -0.39 is 6.04 Å². The summed E-state index contributed by atoms with van der Waals surface area (Å²) in [4.78, 5) is 26.5. The first-order valence-electron chi connectivity index (χ1n) is 8.01. The Labute approximate surface area is 168 Å². The van der Waals surface area contributed by atoms with Gasteiger partial charge in [-0.15, -0.1) is 0 Å². The van der Waals surface area contributed by atoms with Crippen LogP contribution in [0.5, 0.6) is 0 Å². The van der Waals surface area contributed by atoms with Crippen molar-refractivity contribution in [3.05, 3.63) is 68.7 Å². The number of nitrogens with one attached hydrogen (secondary N) is 1. The molecule has 0 unspecified atom stereocenters. The molecule has 0 saturated carbocycles. The Morgan fingerprint density at radius 3 is 2.19 bits per heavy atom. The predicted octanol–water partition coefficient (Wildman–Crippen LogP) is 4.35. The molecule has 0 aliphatic carbocycles. The molecule has 0 radical (unpaired) electrons. The average molecular weight is 414 g/mol. The minimum atomic E-state index is -0.619. The van der Waals surface area contributed by atoms with E-state index in [-0.39, 0.29) is 18.2 Å². The Bertz CT molecular complexity index is 794. The van der Waals surface area contributed by atoms with Gasteiger partial charge in [0, 0.05) is 18.6 Å². The van der Waals surface area contributed by atoms with Crippen LogP contribution in [0.2, 0.25) is 15.1 Å². The first-order valence-corrected chi connectivity index (χ1v) is 9.14. The second-order valence-electron chi connectivity index (χ2n) is 5.86. The van der Waals surface area contributed by atoms with Gasteiger partial charge in [-0.25, -0.2) is 0 Å². The summed E-state index contributed by atoms with van der Waals surface area (Å²) >= 11 is 17.9. The highest BCUT2D eigenvalue weighted by Crippen LogP contribution is 2.23. The van der Waals surface area contributed by atoms with Crippen LogP contribution in [0, 0.1) is 0 Å². The van der Waals surface area contributed by atoms with Gasteiger partial charge in [-0.05, 0) is 42.3 Å². The van der Waals surface area contributed by atoms with E-state index in [1.54, 1.807) is 44.3 Å². The SMILES string of the molecule is CNC(=O)[C@H](C)N(Cc1ccc(Cl)cc1)C(=O)Cc1ccc(Cl)c(Cl)c1. The maximum Gasteiger partial charge on any atom is 0.242 e. The normalized spacial score (nSPS) is 11.7. The first kappa shape index (κ1) is 20.6. The molecule has 0 aromatic heterocycles. The Balaban J connectivity index is 2.23. The molecule has 7 heteroatoms. The number of likely N-dealkylation sites (N-methyl/N-ethyl adjacent to an activating group) is 1.